The van der Waals surface area contributed by atoms with Gasteiger partial charge in [0.25, 0.3) is 0 Å². The Morgan fingerprint density at radius 2 is 2.06 bits per heavy atom. The van der Waals surface area contributed by atoms with Gasteiger partial charge in [-0.15, -0.1) is 0 Å². The van der Waals surface area contributed by atoms with Crippen molar-refractivity contribution >= 4 is 5.82 Å². The molecule has 0 radical (unpaired) electrons. The van der Waals surface area contributed by atoms with Gasteiger partial charge in [-0.05, 0) is 12.1 Å². The second-order valence-electron chi connectivity index (χ2n) is 3.67. The smallest absolute Gasteiger partial charge is 0.214 e. The van der Waals surface area contributed by atoms with Crippen molar-refractivity contribution in [3.63, 3.8) is 0 Å². The standard InChI is InChI=1S/C13H13FN2O2/c1-18-12-7-3-6-11(16-12)15-8-9-4-2-5-10(14)13(9)17/h2-7,17H,8H2,1H3,(H,15,16). The van der Waals surface area contributed by atoms with E-state index in [2.05, 4.69) is 10.3 Å². The van der Waals surface area contributed by atoms with E-state index in [0.717, 1.165) is 0 Å². The number of rotatable bonds is 4. The van der Waals surface area contributed by atoms with Gasteiger partial charge in [0, 0.05) is 18.2 Å². The molecule has 0 fully saturated rings. The van der Waals surface area contributed by atoms with E-state index >= 15 is 0 Å². The van der Waals surface area contributed by atoms with Gasteiger partial charge in [-0.3, -0.25) is 0 Å². The van der Waals surface area contributed by atoms with E-state index in [1.165, 1.54) is 13.2 Å². The van der Waals surface area contributed by atoms with Crippen molar-refractivity contribution in [2.45, 2.75) is 6.54 Å². The molecule has 4 nitrogen and oxygen atoms in total. The third-order valence-corrected chi connectivity index (χ3v) is 2.46. The highest BCUT2D eigenvalue weighted by Gasteiger charge is 2.06. The highest BCUT2D eigenvalue weighted by molar-refractivity contribution is 5.41. The number of methoxy groups -OCH3 is 1. The van der Waals surface area contributed by atoms with Crippen molar-refractivity contribution in [1.82, 2.24) is 4.98 Å². The first-order valence-corrected chi connectivity index (χ1v) is 5.42. The summed E-state index contributed by atoms with van der Waals surface area (Å²) in [5.74, 6) is 0.113. The molecule has 0 aliphatic heterocycles. The van der Waals surface area contributed by atoms with E-state index in [1.54, 1.807) is 30.3 Å². The van der Waals surface area contributed by atoms with E-state index in [0.29, 0.717) is 17.3 Å². The third kappa shape index (κ3) is 2.68. The fourth-order valence-electron chi connectivity index (χ4n) is 1.52. The topological polar surface area (TPSA) is 54.4 Å². The van der Waals surface area contributed by atoms with Crippen molar-refractivity contribution in [1.29, 1.82) is 0 Å². The minimum absolute atomic E-state index is 0.282. The predicted octanol–water partition coefficient (Wildman–Crippen LogP) is 2.55. The lowest BCUT2D eigenvalue weighted by Crippen LogP contribution is -2.02. The molecule has 5 heteroatoms. The van der Waals surface area contributed by atoms with Crippen molar-refractivity contribution < 1.29 is 14.2 Å². The zero-order valence-corrected chi connectivity index (χ0v) is 9.85. The number of hydrogen-bond donors (Lipinski definition) is 2. The Kier molecular flexibility index (Phi) is 3.62. The number of phenols is 1. The van der Waals surface area contributed by atoms with E-state index in [4.69, 9.17) is 4.74 Å². The Morgan fingerprint density at radius 3 is 2.83 bits per heavy atom. The maximum atomic E-state index is 13.1. The fraction of sp³-hybridized carbons (Fsp3) is 0.154. The van der Waals surface area contributed by atoms with Crippen molar-refractivity contribution in [3.05, 3.63) is 47.8 Å². The number of ether oxygens (including phenoxy) is 1. The molecule has 2 N–H and O–H groups in total. The van der Waals surface area contributed by atoms with Crippen molar-refractivity contribution in [2.75, 3.05) is 12.4 Å². The van der Waals surface area contributed by atoms with Crippen LogP contribution in [-0.2, 0) is 6.54 Å². The van der Waals surface area contributed by atoms with Crippen molar-refractivity contribution in [2.24, 2.45) is 0 Å². The number of aromatic hydroxyl groups is 1. The van der Waals surface area contributed by atoms with Gasteiger partial charge in [-0.2, -0.15) is 4.98 Å². The Morgan fingerprint density at radius 1 is 1.28 bits per heavy atom. The van der Waals surface area contributed by atoms with Crippen LogP contribution in [0.1, 0.15) is 5.56 Å². The second-order valence-corrected chi connectivity index (χ2v) is 3.67. The fourth-order valence-corrected chi connectivity index (χ4v) is 1.52. The van der Waals surface area contributed by atoms with Crippen LogP contribution in [0.3, 0.4) is 0 Å². The van der Waals surface area contributed by atoms with Crippen LogP contribution in [0.4, 0.5) is 10.2 Å². The van der Waals surface area contributed by atoms with Gasteiger partial charge in [0.1, 0.15) is 5.82 Å². The normalized spacial score (nSPS) is 10.1. The molecule has 1 aromatic heterocycles. The molecule has 0 aliphatic carbocycles. The van der Waals surface area contributed by atoms with E-state index in [1.807, 2.05) is 0 Å². The summed E-state index contributed by atoms with van der Waals surface area (Å²) in [5, 5.41) is 12.5. The van der Waals surface area contributed by atoms with Gasteiger partial charge in [0.05, 0.1) is 7.11 Å². The lowest BCUT2D eigenvalue weighted by Gasteiger charge is -2.08. The highest BCUT2D eigenvalue weighted by Crippen LogP contribution is 2.21. The van der Waals surface area contributed by atoms with Crippen LogP contribution >= 0.6 is 0 Å². The molecule has 0 amide bonds. The van der Waals surface area contributed by atoms with E-state index in [9.17, 15) is 9.50 Å². The summed E-state index contributed by atoms with van der Waals surface area (Å²) in [6.45, 7) is 0.282. The van der Waals surface area contributed by atoms with E-state index < -0.39 is 5.82 Å². The summed E-state index contributed by atoms with van der Waals surface area (Å²) >= 11 is 0. The number of benzene rings is 1. The summed E-state index contributed by atoms with van der Waals surface area (Å²) in [4.78, 5) is 4.15. The summed E-state index contributed by atoms with van der Waals surface area (Å²) in [6, 6.07) is 9.68. The SMILES string of the molecule is COc1cccc(NCc2cccc(F)c2O)n1. The quantitative estimate of drug-likeness (QED) is 0.873. The van der Waals surface area contributed by atoms with Gasteiger partial charge in [0.2, 0.25) is 5.88 Å². The lowest BCUT2D eigenvalue weighted by atomic mass is 10.2. The molecule has 0 atom stereocenters. The predicted molar refractivity (Wildman–Crippen MR) is 66.2 cm³/mol. The molecule has 0 aliphatic rings. The van der Waals surface area contributed by atoms with Crippen molar-refractivity contribution in [3.8, 4) is 11.6 Å². The number of anilines is 1. The molecule has 1 heterocycles. The summed E-state index contributed by atoms with van der Waals surface area (Å²) < 4.78 is 18.1. The molecular weight excluding hydrogens is 235 g/mol. The number of pyridine rings is 1. The molecule has 2 rings (SSSR count). The van der Waals surface area contributed by atoms with E-state index in [-0.39, 0.29) is 12.3 Å². The van der Waals surface area contributed by atoms with Gasteiger partial charge >= 0.3 is 0 Å². The van der Waals surface area contributed by atoms with Crippen LogP contribution in [0.5, 0.6) is 11.6 Å². The summed E-state index contributed by atoms with van der Waals surface area (Å²) in [7, 11) is 1.53. The van der Waals surface area contributed by atoms with Crippen LogP contribution < -0.4 is 10.1 Å². The first-order valence-electron chi connectivity index (χ1n) is 5.42. The third-order valence-electron chi connectivity index (χ3n) is 2.46. The van der Waals surface area contributed by atoms with Gasteiger partial charge in [-0.1, -0.05) is 18.2 Å². The average molecular weight is 248 g/mol. The average Bonchev–Trinajstić information content (AvgIpc) is 2.41. The lowest BCUT2D eigenvalue weighted by molar-refractivity contribution is 0.398. The Hall–Kier alpha value is -2.30. The number of hydrogen-bond acceptors (Lipinski definition) is 4. The zero-order valence-electron chi connectivity index (χ0n) is 9.85. The molecule has 1 aromatic carbocycles. The highest BCUT2D eigenvalue weighted by atomic mass is 19.1. The van der Waals surface area contributed by atoms with Gasteiger partial charge in [0.15, 0.2) is 11.6 Å². The second kappa shape index (κ2) is 5.35. The van der Waals surface area contributed by atoms with Crippen LogP contribution in [0, 0.1) is 5.82 Å². The van der Waals surface area contributed by atoms with Gasteiger partial charge in [-0.25, -0.2) is 4.39 Å². The first-order chi connectivity index (χ1) is 8.70. The zero-order chi connectivity index (χ0) is 13.0. The molecule has 94 valence electrons. The molecule has 0 unspecified atom stereocenters. The molecule has 2 aromatic rings. The number of nitrogens with one attached hydrogen (secondary N) is 1. The minimum atomic E-state index is -0.632. The number of para-hydroxylation sites is 1. The molecule has 0 saturated heterocycles. The van der Waals surface area contributed by atoms with Gasteiger partial charge < -0.3 is 15.2 Å². The van der Waals surface area contributed by atoms with Crippen LogP contribution in [0.25, 0.3) is 0 Å². The number of nitrogens with zero attached hydrogens (tertiary/aromatic N) is 1. The maximum Gasteiger partial charge on any atom is 0.214 e. The maximum absolute atomic E-state index is 13.1. The molecule has 0 saturated carbocycles. The summed E-state index contributed by atoms with van der Waals surface area (Å²) in [5.41, 5.74) is 0.472. The monoisotopic (exact) mass is 248 g/mol. The van der Waals surface area contributed by atoms with Crippen LogP contribution in [0.15, 0.2) is 36.4 Å². The molecule has 0 spiro atoms. The Labute approximate surface area is 104 Å². The molecular formula is C13H13FN2O2. The first kappa shape index (κ1) is 12.2. The molecule has 0 bridgehead atoms. The molecule has 18 heavy (non-hydrogen) atoms. The van der Waals surface area contributed by atoms with Crippen LogP contribution in [-0.4, -0.2) is 17.2 Å². The summed E-state index contributed by atoms with van der Waals surface area (Å²) in [6.07, 6.45) is 0. The Balaban J connectivity index is 2.09. The number of halogens is 1. The largest absolute Gasteiger partial charge is 0.505 e. The minimum Gasteiger partial charge on any atom is -0.505 e. The number of phenolic OH excluding ortho intramolecular Hbond substituents is 1. The number of aromatic nitrogens is 1. The van der Waals surface area contributed by atoms with Crippen LogP contribution in [0.2, 0.25) is 0 Å². The Bertz CT molecular complexity index is 546.